The summed E-state index contributed by atoms with van der Waals surface area (Å²) >= 11 is 0. The number of hydrogen-bond donors (Lipinski definition) is 3. The van der Waals surface area contributed by atoms with Gasteiger partial charge in [-0.2, -0.15) is 0 Å². The van der Waals surface area contributed by atoms with Gasteiger partial charge in [-0.15, -0.1) is 0 Å². The summed E-state index contributed by atoms with van der Waals surface area (Å²) in [4.78, 5) is 45.7. The first-order valence-corrected chi connectivity index (χ1v) is 14.8. The third kappa shape index (κ3) is 8.91. The Balaban J connectivity index is 1.90. The first-order chi connectivity index (χ1) is 19.2. The summed E-state index contributed by atoms with van der Waals surface area (Å²) in [7, 11) is 0. The summed E-state index contributed by atoms with van der Waals surface area (Å²) in [6.45, 7) is 9.79. The fourth-order valence-electron chi connectivity index (χ4n) is 5.24. The summed E-state index contributed by atoms with van der Waals surface area (Å²) in [5, 5.41) is 17.2. The molecule has 1 aliphatic rings. The van der Waals surface area contributed by atoms with Crippen molar-refractivity contribution in [1.29, 1.82) is 0 Å². The number of amides is 3. The number of benzene rings is 1. The Bertz CT molecular complexity index is 1100. The van der Waals surface area contributed by atoms with Crippen LogP contribution in [0.2, 0.25) is 0 Å². The van der Waals surface area contributed by atoms with Gasteiger partial charge in [-0.1, -0.05) is 46.5 Å². The highest BCUT2D eigenvalue weighted by atomic mass is 16.3. The average Bonchev–Trinajstić information content (AvgIpc) is 3.49. The van der Waals surface area contributed by atoms with Crippen LogP contribution >= 0.6 is 0 Å². The lowest BCUT2D eigenvalue weighted by atomic mass is 9.89. The Morgan fingerprint density at radius 1 is 1.18 bits per heavy atom. The van der Waals surface area contributed by atoms with Gasteiger partial charge in [0.25, 0.3) is 11.8 Å². The highest BCUT2D eigenvalue weighted by Crippen LogP contribution is 2.25. The van der Waals surface area contributed by atoms with Gasteiger partial charge in [0.05, 0.1) is 18.3 Å². The van der Waals surface area contributed by atoms with Gasteiger partial charge in [-0.3, -0.25) is 14.4 Å². The van der Waals surface area contributed by atoms with E-state index in [2.05, 4.69) is 29.5 Å². The van der Waals surface area contributed by atoms with Crippen LogP contribution in [0.15, 0.2) is 35.1 Å². The molecule has 3 amide bonds. The van der Waals surface area contributed by atoms with Crippen LogP contribution in [0.1, 0.15) is 99.8 Å². The van der Waals surface area contributed by atoms with Crippen molar-refractivity contribution >= 4 is 17.7 Å². The van der Waals surface area contributed by atoms with E-state index in [1.807, 2.05) is 6.92 Å². The molecule has 0 aliphatic carbocycles. The summed E-state index contributed by atoms with van der Waals surface area (Å²) in [6.07, 6.45) is 8.63. The Labute approximate surface area is 238 Å². The minimum absolute atomic E-state index is 0.0914. The van der Waals surface area contributed by atoms with Crippen molar-refractivity contribution in [2.24, 2.45) is 11.8 Å². The third-order valence-electron chi connectivity index (χ3n) is 7.72. The smallest absolute Gasteiger partial charge is 0.253 e. The Kier molecular flexibility index (Phi) is 12.2. The molecule has 0 spiro atoms. The Hall–Kier alpha value is -3.20. The van der Waals surface area contributed by atoms with Gasteiger partial charge in [0.15, 0.2) is 0 Å². The van der Waals surface area contributed by atoms with Crippen LogP contribution in [-0.2, 0) is 4.79 Å². The molecule has 1 aromatic carbocycles. The molecule has 3 rings (SSSR count). The van der Waals surface area contributed by atoms with Crippen LogP contribution in [-0.4, -0.2) is 64.5 Å². The molecular formula is C31H46N4O5. The zero-order valence-corrected chi connectivity index (χ0v) is 24.4. The number of aromatic nitrogens is 1. The van der Waals surface area contributed by atoms with Gasteiger partial charge < -0.3 is 25.1 Å². The maximum Gasteiger partial charge on any atom is 0.253 e. The molecule has 1 aliphatic heterocycles. The van der Waals surface area contributed by atoms with E-state index in [0.29, 0.717) is 48.6 Å². The second-order valence-electron chi connectivity index (χ2n) is 11.1. The van der Waals surface area contributed by atoms with Crippen molar-refractivity contribution in [3.8, 4) is 11.5 Å². The highest BCUT2D eigenvalue weighted by molar-refractivity contribution is 6.01. The normalized spacial score (nSPS) is 20.7. The quantitative estimate of drug-likeness (QED) is 0.382. The van der Waals surface area contributed by atoms with Gasteiger partial charge in [0.2, 0.25) is 11.8 Å². The average molecular weight is 555 g/mol. The van der Waals surface area contributed by atoms with Crippen LogP contribution in [0, 0.1) is 11.8 Å². The lowest BCUT2D eigenvalue weighted by Crippen LogP contribution is -2.46. The molecule has 2 aromatic rings. The van der Waals surface area contributed by atoms with Gasteiger partial charge in [-0.25, -0.2) is 4.98 Å². The first kappa shape index (κ1) is 31.3. The zero-order chi connectivity index (χ0) is 29.1. The molecule has 0 saturated heterocycles. The van der Waals surface area contributed by atoms with Crippen LogP contribution in [0.25, 0.3) is 11.5 Å². The second-order valence-corrected chi connectivity index (χ2v) is 11.1. The number of hydrogen-bond acceptors (Lipinski definition) is 6. The van der Waals surface area contributed by atoms with E-state index in [9.17, 15) is 19.5 Å². The van der Waals surface area contributed by atoms with E-state index in [1.165, 1.54) is 12.5 Å². The van der Waals surface area contributed by atoms with E-state index >= 15 is 0 Å². The van der Waals surface area contributed by atoms with Crippen molar-refractivity contribution in [2.75, 3.05) is 19.6 Å². The van der Waals surface area contributed by atoms with Crippen LogP contribution in [0.5, 0.6) is 0 Å². The van der Waals surface area contributed by atoms with E-state index < -0.39 is 24.0 Å². The van der Waals surface area contributed by atoms with E-state index in [4.69, 9.17) is 4.42 Å². The van der Waals surface area contributed by atoms with Crippen molar-refractivity contribution in [1.82, 2.24) is 20.5 Å². The number of fused-ring (bicyclic) bond motifs is 2. The molecule has 0 fully saturated rings. The van der Waals surface area contributed by atoms with E-state index in [-0.39, 0.29) is 24.2 Å². The zero-order valence-electron chi connectivity index (χ0n) is 24.4. The number of aliphatic hydroxyl groups is 1. The fraction of sp³-hybridized carbons (Fsp3) is 0.613. The third-order valence-corrected chi connectivity index (χ3v) is 7.72. The summed E-state index contributed by atoms with van der Waals surface area (Å²) < 4.78 is 5.48. The summed E-state index contributed by atoms with van der Waals surface area (Å²) in [5.41, 5.74) is 1.21. The molecule has 4 atom stereocenters. The summed E-state index contributed by atoms with van der Waals surface area (Å²) in [6, 6.07) is 4.42. The molecule has 0 radical (unpaired) electrons. The van der Waals surface area contributed by atoms with Crippen molar-refractivity contribution in [3.05, 3.63) is 41.8 Å². The Morgan fingerprint density at radius 2 is 1.93 bits per heavy atom. The standard InChI is InChI=1S/C31H46N4O5/c1-5-7-12-32-28(37)22(4)17-27(36)26-16-21(3)11-9-8-10-14-35(6-2)31(39)25-19-23(29(38)34-26)18-24(20-25)30-33-13-15-40-30/h13,15,18-22,26-27,36H,5-12,14,16-17H2,1-4H3,(H,32,37)(H,34,38)/t21-,22-,26+,27+/m1/s1. The van der Waals surface area contributed by atoms with Crippen LogP contribution in [0.4, 0.5) is 0 Å². The van der Waals surface area contributed by atoms with Gasteiger partial charge in [-0.05, 0) is 56.7 Å². The number of aliphatic hydroxyl groups excluding tert-OH is 1. The largest absolute Gasteiger partial charge is 0.445 e. The Morgan fingerprint density at radius 3 is 2.62 bits per heavy atom. The number of carbonyl (C=O) groups is 3. The molecule has 2 heterocycles. The number of rotatable bonds is 9. The second kappa shape index (κ2) is 15.6. The van der Waals surface area contributed by atoms with Gasteiger partial charge >= 0.3 is 0 Å². The molecule has 0 unspecified atom stereocenters. The van der Waals surface area contributed by atoms with Crippen LogP contribution in [0.3, 0.4) is 0 Å². The molecule has 3 N–H and O–H groups in total. The number of nitrogens with one attached hydrogen (secondary N) is 2. The van der Waals surface area contributed by atoms with E-state index in [1.54, 1.807) is 30.0 Å². The number of oxazole rings is 1. The van der Waals surface area contributed by atoms with Crippen LogP contribution < -0.4 is 10.6 Å². The number of carbonyl (C=O) groups excluding carboxylic acids is 3. The molecule has 9 nitrogen and oxygen atoms in total. The minimum atomic E-state index is -0.902. The lowest BCUT2D eigenvalue weighted by Gasteiger charge is -2.28. The van der Waals surface area contributed by atoms with Crippen molar-refractivity contribution < 1.29 is 23.9 Å². The van der Waals surface area contributed by atoms with Crippen molar-refractivity contribution in [3.63, 3.8) is 0 Å². The summed E-state index contributed by atoms with van der Waals surface area (Å²) in [5.74, 6) is -0.446. The maximum atomic E-state index is 13.6. The molecule has 220 valence electrons. The molecular weight excluding hydrogens is 508 g/mol. The topological polar surface area (TPSA) is 125 Å². The number of unbranched alkanes of at least 4 members (excludes halogenated alkanes) is 1. The molecule has 9 heteroatoms. The van der Waals surface area contributed by atoms with Gasteiger partial charge in [0.1, 0.15) is 6.26 Å². The SMILES string of the molecule is CCCCNC(=O)[C@H](C)C[C@H](O)[C@@H]1C[C@H](C)CCCCCN(CC)C(=O)c2cc(cc(-c3ncco3)c2)C(=O)N1. The van der Waals surface area contributed by atoms with E-state index in [0.717, 1.165) is 38.5 Å². The predicted molar refractivity (Wildman–Crippen MR) is 155 cm³/mol. The molecule has 0 saturated carbocycles. The number of nitrogens with zero attached hydrogens (tertiary/aromatic N) is 2. The predicted octanol–water partition coefficient (Wildman–Crippen LogP) is 4.81. The minimum Gasteiger partial charge on any atom is -0.445 e. The highest BCUT2D eigenvalue weighted by Gasteiger charge is 2.28. The maximum absolute atomic E-state index is 13.6. The molecule has 1 aromatic heterocycles. The monoisotopic (exact) mass is 554 g/mol. The first-order valence-electron chi connectivity index (χ1n) is 14.8. The molecule has 2 bridgehead atoms. The fourth-order valence-corrected chi connectivity index (χ4v) is 5.24. The molecule has 40 heavy (non-hydrogen) atoms. The van der Waals surface area contributed by atoms with Crippen molar-refractivity contribution in [2.45, 2.75) is 91.2 Å². The lowest BCUT2D eigenvalue weighted by molar-refractivity contribution is -0.125. The van der Waals surface area contributed by atoms with Gasteiger partial charge in [0, 0.05) is 42.2 Å².